The number of alkyl halides is 2. The van der Waals surface area contributed by atoms with Gasteiger partial charge in [0.2, 0.25) is 0 Å². The van der Waals surface area contributed by atoms with E-state index < -0.39 is 17.9 Å². The molecule has 0 aliphatic carbocycles. The Morgan fingerprint density at radius 1 is 1.33 bits per heavy atom. The second kappa shape index (κ2) is 7.93. The van der Waals surface area contributed by atoms with Gasteiger partial charge >= 0.3 is 5.92 Å². The number of anilines is 1. The number of carbonyl (C=O) groups is 1. The molecule has 0 aromatic heterocycles. The van der Waals surface area contributed by atoms with Gasteiger partial charge in [-0.3, -0.25) is 4.79 Å². The van der Waals surface area contributed by atoms with Crippen molar-refractivity contribution in [3.63, 3.8) is 0 Å². The van der Waals surface area contributed by atoms with Crippen molar-refractivity contribution < 1.29 is 23.4 Å². The number of amides is 1. The highest BCUT2D eigenvalue weighted by Gasteiger charge is 2.46. The molecule has 0 radical (unpaired) electrons. The van der Waals surface area contributed by atoms with E-state index in [1.807, 2.05) is 6.92 Å². The SMILES string of the molecule is CCCCCC(O)C(F)(F)C(=O)Nc1ccc(OC)cc1. The number of benzene rings is 1. The fourth-order valence-electron chi connectivity index (χ4n) is 1.81. The third-order valence-corrected chi connectivity index (χ3v) is 3.15. The first-order chi connectivity index (χ1) is 9.91. The zero-order valence-corrected chi connectivity index (χ0v) is 12.2. The maximum Gasteiger partial charge on any atom is 0.350 e. The number of methoxy groups -OCH3 is 1. The molecular formula is C15H21F2NO3. The van der Waals surface area contributed by atoms with E-state index in [1.54, 1.807) is 12.1 Å². The predicted octanol–water partition coefficient (Wildman–Crippen LogP) is 3.21. The van der Waals surface area contributed by atoms with E-state index in [-0.39, 0.29) is 12.1 Å². The molecule has 0 saturated carbocycles. The fourth-order valence-corrected chi connectivity index (χ4v) is 1.81. The van der Waals surface area contributed by atoms with Gasteiger partial charge in [-0.2, -0.15) is 8.78 Å². The molecule has 2 N–H and O–H groups in total. The first-order valence-electron chi connectivity index (χ1n) is 6.93. The van der Waals surface area contributed by atoms with Gasteiger partial charge in [-0.1, -0.05) is 26.2 Å². The number of halogens is 2. The van der Waals surface area contributed by atoms with E-state index in [9.17, 15) is 18.7 Å². The molecule has 0 aliphatic rings. The number of ether oxygens (including phenoxy) is 1. The minimum Gasteiger partial charge on any atom is -0.497 e. The number of unbranched alkanes of at least 4 members (excludes halogenated alkanes) is 2. The maximum absolute atomic E-state index is 13.8. The number of aliphatic hydroxyl groups is 1. The van der Waals surface area contributed by atoms with Crippen LogP contribution < -0.4 is 10.1 Å². The number of hydrogen-bond acceptors (Lipinski definition) is 3. The van der Waals surface area contributed by atoms with E-state index in [2.05, 4.69) is 5.32 Å². The summed E-state index contributed by atoms with van der Waals surface area (Å²) in [4.78, 5) is 11.6. The van der Waals surface area contributed by atoms with Gasteiger partial charge in [-0.15, -0.1) is 0 Å². The highest BCUT2D eigenvalue weighted by molar-refractivity contribution is 5.96. The standard InChI is InChI=1S/C15H21F2NO3/c1-3-4-5-6-13(19)15(16,17)14(20)18-11-7-9-12(21-2)10-8-11/h7-10,13,19H,3-6H2,1-2H3,(H,18,20). The van der Waals surface area contributed by atoms with Gasteiger partial charge in [0.15, 0.2) is 0 Å². The number of rotatable bonds is 8. The minimum absolute atomic E-state index is 0.100. The molecule has 4 nitrogen and oxygen atoms in total. The van der Waals surface area contributed by atoms with Crippen molar-refractivity contribution in [1.82, 2.24) is 0 Å². The largest absolute Gasteiger partial charge is 0.497 e. The van der Waals surface area contributed by atoms with Gasteiger partial charge in [0.1, 0.15) is 11.9 Å². The van der Waals surface area contributed by atoms with Crippen LogP contribution in [0, 0.1) is 0 Å². The minimum atomic E-state index is -3.81. The van der Waals surface area contributed by atoms with Crippen LogP contribution >= 0.6 is 0 Å². The molecule has 1 unspecified atom stereocenters. The second-order valence-corrected chi connectivity index (χ2v) is 4.82. The van der Waals surface area contributed by atoms with Crippen LogP contribution in [0.1, 0.15) is 32.6 Å². The fraction of sp³-hybridized carbons (Fsp3) is 0.533. The molecule has 0 spiro atoms. The van der Waals surface area contributed by atoms with Gasteiger partial charge < -0.3 is 15.2 Å². The Hall–Kier alpha value is -1.69. The Morgan fingerprint density at radius 3 is 2.48 bits per heavy atom. The first-order valence-corrected chi connectivity index (χ1v) is 6.93. The lowest BCUT2D eigenvalue weighted by Crippen LogP contribution is -2.45. The van der Waals surface area contributed by atoms with Gasteiger partial charge in [0.05, 0.1) is 7.11 Å². The van der Waals surface area contributed by atoms with E-state index in [0.717, 1.165) is 12.8 Å². The van der Waals surface area contributed by atoms with Gasteiger partial charge in [0, 0.05) is 5.69 Å². The van der Waals surface area contributed by atoms with Crippen LogP contribution in [0.2, 0.25) is 0 Å². The van der Waals surface area contributed by atoms with Crippen molar-refractivity contribution in [2.75, 3.05) is 12.4 Å². The molecule has 0 saturated heterocycles. The Bertz CT molecular complexity index is 449. The van der Waals surface area contributed by atoms with Crippen molar-refractivity contribution in [3.8, 4) is 5.75 Å². The van der Waals surface area contributed by atoms with Crippen molar-refractivity contribution in [2.45, 2.75) is 44.6 Å². The van der Waals surface area contributed by atoms with E-state index >= 15 is 0 Å². The summed E-state index contributed by atoms with van der Waals surface area (Å²) in [6.07, 6.45) is -0.00827. The summed E-state index contributed by atoms with van der Waals surface area (Å²) in [5.74, 6) is -4.76. The number of carbonyl (C=O) groups excluding carboxylic acids is 1. The predicted molar refractivity (Wildman–Crippen MR) is 76.7 cm³/mol. The molecule has 118 valence electrons. The van der Waals surface area contributed by atoms with Crippen LogP contribution in [0.25, 0.3) is 0 Å². The Balaban J connectivity index is 2.62. The molecule has 1 aromatic rings. The molecule has 1 atom stereocenters. The lowest BCUT2D eigenvalue weighted by Gasteiger charge is -2.21. The summed E-state index contributed by atoms with van der Waals surface area (Å²) in [5, 5.41) is 11.6. The highest BCUT2D eigenvalue weighted by atomic mass is 19.3. The first kappa shape index (κ1) is 17.4. The zero-order chi connectivity index (χ0) is 15.9. The Labute approximate surface area is 123 Å². The average Bonchev–Trinajstić information content (AvgIpc) is 2.48. The van der Waals surface area contributed by atoms with Crippen LogP contribution in [0.15, 0.2) is 24.3 Å². The summed E-state index contributed by atoms with van der Waals surface area (Å²) in [6, 6.07) is 6.00. The summed E-state index contributed by atoms with van der Waals surface area (Å²) in [6.45, 7) is 1.93. The molecule has 0 aliphatic heterocycles. The molecule has 0 fully saturated rings. The molecule has 1 amide bonds. The maximum atomic E-state index is 13.8. The Kier molecular flexibility index (Phi) is 6.55. The molecular weight excluding hydrogens is 280 g/mol. The molecule has 1 aromatic carbocycles. The third kappa shape index (κ3) is 4.97. The summed E-state index contributed by atoms with van der Waals surface area (Å²) < 4.78 is 32.5. The molecule has 21 heavy (non-hydrogen) atoms. The summed E-state index contributed by atoms with van der Waals surface area (Å²) in [7, 11) is 1.48. The van der Waals surface area contributed by atoms with E-state index in [0.29, 0.717) is 12.2 Å². The van der Waals surface area contributed by atoms with Crippen LogP contribution in [-0.2, 0) is 4.79 Å². The molecule has 6 heteroatoms. The summed E-state index contributed by atoms with van der Waals surface area (Å²) in [5.41, 5.74) is 0.223. The van der Waals surface area contributed by atoms with Crippen molar-refractivity contribution >= 4 is 11.6 Å². The zero-order valence-electron chi connectivity index (χ0n) is 12.2. The van der Waals surface area contributed by atoms with Gasteiger partial charge in [-0.05, 0) is 30.7 Å². The van der Waals surface area contributed by atoms with Crippen LogP contribution in [0.5, 0.6) is 5.75 Å². The molecule has 1 rings (SSSR count). The lowest BCUT2D eigenvalue weighted by atomic mass is 10.0. The lowest BCUT2D eigenvalue weighted by molar-refractivity contribution is -0.158. The van der Waals surface area contributed by atoms with Crippen molar-refractivity contribution in [1.29, 1.82) is 0 Å². The topological polar surface area (TPSA) is 58.6 Å². The van der Waals surface area contributed by atoms with Crippen LogP contribution in [0.4, 0.5) is 14.5 Å². The summed E-state index contributed by atoms with van der Waals surface area (Å²) >= 11 is 0. The van der Waals surface area contributed by atoms with E-state index in [4.69, 9.17) is 4.74 Å². The normalized spacial score (nSPS) is 12.8. The number of hydrogen-bond donors (Lipinski definition) is 2. The smallest absolute Gasteiger partial charge is 0.350 e. The van der Waals surface area contributed by atoms with E-state index in [1.165, 1.54) is 19.2 Å². The van der Waals surface area contributed by atoms with Crippen molar-refractivity contribution in [3.05, 3.63) is 24.3 Å². The number of nitrogens with one attached hydrogen (secondary N) is 1. The van der Waals surface area contributed by atoms with Gasteiger partial charge in [-0.25, -0.2) is 0 Å². The highest BCUT2D eigenvalue weighted by Crippen LogP contribution is 2.25. The van der Waals surface area contributed by atoms with Crippen molar-refractivity contribution in [2.24, 2.45) is 0 Å². The van der Waals surface area contributed by atoms with Gasteiger partial charge in [0.25, 0.3) is 5.91 Å². The average molecular weight is 301 g/mol. The van der Waals surface area contributed by atoms with Crippen LogP contribution in [0.3, 0.4) is 0 Å². The monoisotopic (exact) mass is 301 g/mol. The molecule has 0 heterocycles. The molecule has 0 bridgehead atoms. The Morgan fingerprint density at radius 2 is 1.95 bits per heavy atom. The van der Waals surface area contributed by atoms with Crippen LogP contribution in [-0.4, -0.2) is 30.2 Å². The third-order valence-electron chi connectivity index (χ3n) is 3.15. The number of aliphatic hydroxyl groups excluding tert-OH is 1. The quantitative estimate of drug-likeness (QED) is 0.725. The second-order valence-electron chi connectivity index (χ2n) is 4.82.